The number of carbonyl (C=O) groups excluding carboxylic acids is 1. The molecule has 1 saturated heterocycles. The zero-order chi connectivity index (χ0) is 33.4. The Labute approximate surface area is 275 Å². The summed E-state index contributed by atoms with van der Waals surface area (Å²) in [7, 11) is 4.55. The molecule has 3 aromatic heterocycles. The first-order valence-electron chi connectivity index (χ1n) is 15.1. The molecule has 1 amide bonds. The zero-order valence-corrected chi connectivity index (χ0v) is 27.4. The van der Waals surface area contributed by atoms with Crippen LogP contribution in [0.3, 0.4) is 0 Å². The van der Waals surface area contributed by atoms with Crippen molar-refractivity contribution in [2.24, 2.45) is 14.1 Å². The third-order valence-corrected chi connectivity index (χ3v) is 8.74. The summed E-state index contributed by atoms with van der Waals surface area (Å²) < 4.78 is 7.95. The van der Waals surface area contributed by atoms with Crippen molar-refractivity contribution in [3.05, 3.63) is 85.5 Å². The van der Waals surface area contributed by atoms with Crippen molar-refractivity contribution >= 4 is 40.0 Å². The van der Waals surface area contributed by atoms with E-state index in [1.165, 1.54) is 11.6 Å². The SMILES string of the molecule is COc1nc(-c2cccc(-c3cccc(Nc4nc(C)nc5c4c(=O)n(C)c(=O)n5C)c3C)c2Cl)cnc1CNC[C@@H]1CCC(=O)N1. The Hall–Kier alpha value is -5.14. The maximum absolute atomic E-state index is 13.2. The number of hydrogen-bond donors (Lipinski definition) is 3. The topological polar surface area (TPSA) is 158 Å². The number of rotatable bonds is 9. The average Bonchev–Trinajstić information content (AvgIpc) is 3.48. The van der Waals surface area contributed by atoms with Gasteiger partial charge in [0.05, 0.1) is 24.0 Å². The summed E-state index contributed by atoms with van der Waals surface area (Å²) in [4.78, 5) is 55.4. The van der Waals surface area contributed by atoms with Gasteiger partial charge in [-0.3, -0.25) is 23.7 Å². The van der Waals surface area contributed by atoms with Gasteiger partial charge in [-0.1, -0.05) is 41.9 Å². The fourth-order valence-electron chi connectivity index (χ4n) is 5.79. The van der Waals surface area contributed by atoms with Crippen molar-refractivity contribution in [1.82, 2.24) is 39.7 Å². The van der Waals surface area contributed by atoms with Gasteiger partial charge in [0.2, 0.25) is 11.8 Å². The third kappa shape index (κ3) is 6.07. The van der Waals surface area contributed by atoms with Gasteiger partial charge in [-0.15, -0.1) is 0 Å². The quantitative estimate of drug-likeness (QED) is 0.214. The molecule has 14 heteroatoms. The Morgan fingerprint density at radius 3 is 2.49 bits per heavy atom. The molecule has 0 spiro atoms. The Kier molecular flexibility index (Phi) is 8.76. The van der Waals surface area contributed by atoms with Gasteiger partial charge in [0.1, 0.15) is 22.7 Å². The molecule has 1 fully saturated rings. The monoisotopic (exact) mass is 655 g/mol. The van der Waals surface area contributed by atoms with E-state index >= 15 is 0 Å². The molecule has 242 valence electrons. The summed E-state index contributed by atoms with van der Waals surface area (Å²) in [6.45, 7) is 4.72. The van der Waals surface area contributed by atoms with Crippen LogP contribution >= 0.6 is 11.6 Å². The second-order valence-corrected chi connectivity index (χ2v) is 11.8. The van der Waals surface area contributed by atoms with Crippen LogP contribution < -0.4 is 31.9 Å². The van der Waals surface area contributed by atoms with E-state index in [0.717, 1.165) is 27.7 Å². The minimum Gasteiger partial charge on any atom is -0.480 e. The van der Waals surface area contributed by atoms with E-state index in [-0.39, 0.29) is 23.0 Å². The van der Waals surface area contributed by atoms with Gasteiger partial charge >= 0.3 is 5.69 Å². The second-order valence-electron chi connectivity index (χ2n) is 11.4. The molecule has 0 aliphatic carbocycles. The molecule has 47 heavy (non-hydrogen) atoms. The van der Waals surface area contributed by atoms with Gasteiger partial charge in [-0.05, 0) is 37.5 Å². The predicted molar refractivity (Wildman–Crippen MR) is 180 cm³/mol. The molecule has 3 N–H and O–H groups in total. The van der Waals surface area contributed by atoms with E-state index in [9.17, 15) is 14.4 Å². The number of anilines is 2. The minimum atomic E-state index is -0.490. The van der Waals surface area contributed by atoms with E-state index in [1.807, 2.05) is 43.3 Å². The number of amides is 1. The smallest absolute Gasteiger partial charge is 0.332 e. The molecular formula is C33H34ClN9O4. The largest absolute Gasteiger partial charge is 0.480 e. The number of fused-ring (bicyclic) bond motifs is 1. The van der Waals surface area contributed by atoms with Crippen LogP contribution in [-0.2, 0) is 25.4 Å². The number of ether oxygens (including phenoxy) is 1. The Morgan fingerprint density at radius 2 is 1.74 bits per heavy atom. The van der Waals surface area contributed by atoms with Crippen molar-refractivity contribution < 1.29 is 9.53 Å². The normalized spacial score (nSPS) is 14.4. The highest BCUT2D eigenvalue weighted by molar-refractivity contribution is 6.36. The number of halogens is 1. The molecule has 0 bridgehead atoms. The fraction of sp³-hybridized carbons (Fsp3) is 0.303. The van der Waals surface area contributed by atoms with Crippen molar-refractivity contribution in [3.63, 3.8) is 0 Å². The van der Waals surface area contributed by atoms with Gasteiger partial charge in [-0.25, -0.2) is 19.7 Å². The zero-order valence-electron chi connectivity index (χ0n) is 26.6. The third-order valence-electron chi connectivity index (χ3n) is 8.34. The van der Waals surface area contributed by atoms with Crippen molar-refractivity contribution in [1.29, 1.82) is 0 Å². The summed E-state index contributed by atoms with van der Waals surface area (Å²) in [5.74, 6) is 1.17. The van der Waals surface area contributed by atoms with Crippen LogP contribution in [-0.4, -0.2) is 54.7 Å². The second kappa shape index (κ2) is 12.9. The number of nitrogens with zero attached hydrogens (tertiary/aromatic N) is 6. The fourth-order valence-corrected chi connectivity index (χ4v) is 6.12. The molecule has 0 radical (unpaired) electrons. The molecular weight excluding hydrogens is 622 g/mol. The number of aromatic nitrogens is 6. The molecule has 0 unspecified atom stereocenters. The first-order chi connectivity index (χ1) is 22.6. The molecule has 6 rings (SSSR count). The molecule has 1 atom stereocenters. The maximum atomic E-state index is 13.2. The van der Waals surface area contributed by atoms with Gasteiger partial charge in [0, 0.05) is 56.5 Å². The number of methoxy groups -OCH3 is 1. The number of aryl methyl sites for hydroxylation is 2. The van der Waals surface area contributed by atoms with E-state index in [2.05, 4.69) is 30.9 Å². The minimum absolute atomic E-state index is 0.0754. The molecule has 13 nitrogen and oxygen atoms in total. The number of nitrogens with one attached hydrogen (secondary N) is 3. The Bertz CT molecular complexity index is 2160. The van der Waals surface area contributed by atoms with Gasteiger partial charge < -0.3 is 20.7 Å². The number of benzene rings is 2. The first-order valence-corrected chi connectivity index (χ1v) is 15.5. The predicted octanol–water partition coefficient (Wildman–Crippen LogP) is 3.54. The highest BCUT2D eigenvalue weighted by Gasteiger charge is 2.22. The van der Waals surface area contributed by atoms with Crippen molar-refractivity contribution in [2.75, 3.05) is 19.0 Å². The highest BCUT2D eigenvalue weighted by Crippen LogP contribution is 2.39. The molecule has 1 aliphatic rings. The van der Waals surface area contributed by atoms with Gasteiger partial charge in [0.15, 0.2) is 5.65 Å². The first kappa shape index (κ1) is 31.8. The van der Waals surface area contributed by atoms with Crippen molar-refractivity contribution in [2.45, 2.75) is 39.3 Å². The standard InChI is InChI=1S/C33H34ClN9O4/c1-17-20(8-7-11-23(17)40-29-27-30(38-18(2)37-29)42(3)33(46)43(4)32(27)45)21-9-6-10-22(28(21)34)24-16-36-25(31(41-24)47-5)15-35-14-19-12-13-26(44)39-19/h6-11,16,19,35H,12-15H2,1-5H3,(H,39,44)(H,37,38,40)/t19-/m0/s1. The summed E-state index contributed by atoms with van der Waals surface area (Å²) in [6, 6.07) is 11.6. The lowest BCUT2D eigenvalue weighted by Crippen LogP contribution is -2.37. The van der Waals surface area contributed by atoms with Crippen molar-refractivity contribution in [3.8, 4) is 28.3 Å². The Balaban J connectivity index is 1.31. The summed E-state index contributed by atoms with van der Waals surface area (Å²) in [5, 5.41) is 10.3. The van der Waals surface area contributed by atoms with Crippen LogP contribution in [0.1, 0.15) is 29.9 Å². The number of carbonyl (C=O) groups is 1. The summed E-state index contributed by atoms with van der Waals surface area (Å²) in [6.07, 6.45) is 3.02. The van der Waals surface area contributed by atoms with Crippen LogP contribution in [0.5, 0.6) is 5.88 Å². The van der Waals surface area contributed by atoms with Gasteiger partial charge in [-0.2, -0.15) is 0 Å². The highest BCUT2D eigenvalue weighted by atomic mass is 35.5. The van der Waals surface area contributed by atoms with Crippen LogP contribution in [0, 0.1) is 13.8 Å². The summed E-state index contributed by atoms with van der Waals surface area (Å²) >= 11 is 7.06. The number of hydrogen-bond acceptors (Lipinski definition) is 10. The maximum Gasteiger partial charge on any atom is 0.332 e. The average molecular weight is 656 g/mol. The van der Waals surface area contributed by atoms with E-state index < -0.39 is 11.2 Å². The van der Waals surface area contributed by atoms with Crippen LogP contribution in [0.25, 0.3) is 33.4 Å². The molecule has 0 saturated carbocycles. The van der Waals surface area contributed by atoms with E-state index in [4.69, 9.17) is 21.3 Å². The Morgan fingerprint density at radius 1 is 1.00 bits per heavy atom. The van der Waals surface area contributed by atoms with Gasteiger partial charge in [0.25, 0.3) is 5.56 Å². The molecule has 4 heterocycles. The molecule has 2 aromatic carbocycles. The summed E-state index contributed by atoms with van der Waals surface area (Å²) in [5.41, 5.74) is 4.37. The lowest BCUT2D eigenvalue weighted by atomic mass is 9.96. The van der Waals surface area contributed by atoms with Crippen LogP contribution in [0.4, 0.5) is 11.5 Å². The molecule has 5 aromatic rings. The van der Waals surface area contributed by atoms with Crippen LogP contribution in [0.15, 0.2) is 52.2 Å². The van der Waals surface area contributed by atoms with E-state index in [0.29, 0.717) is 64.7 Å². The lowest BCUT2D eigenvalue weighted by molar-refractivity contribution is -0.119. The van der Waals surface area contributed by atoms with Crippen LogP contribution in [0.2, 0.25) is 5.02 Å². The molecule has 1 aliphatic heterocycles. The lowest BCUT2D eigenvalue weighted by Gasteiger charge is -2.17. The van der Waals surface area contributed by atoms with E-state index in [1.54, 1.807) is 27.3 Å².